The molecule has 0 aliphatic carbocycles. The molecular weight excluding hydrogens is 455 g/mol. The number of carbonyl (C=O) groups is 1. The highest BCUT2D eigenvalue weighted by atomic mass is 32.1. The highest BCUT2D eigenvalue weighted by Gasteiger charge is 2.30. The minimum Gasteiger partial charge on any atom is -0.493 e. The molecule has 0 aliphatic rings. The van der Waals surface area contributed by atoms with Gasteiger partial charge in [0.1, 0.15) is 16.3 Å². The van der Waals surface area contributed by atoms with Crippen LogP contribution in [0.4, 0.5) is 13.2 Å². The van der Waals surface area contributed by atoms with Crippen molar-refractivity contribution >= 4 is 28.3 Å². The molecule has 0 amide bonds. The zero-order valence-electron chi connectivity index (χ0n) is 17.8. The molecular formula is C24H20F3NO4S. The number of nitrogens with zero attached hydrogens (tertiary/aromatic N) is 1. The van der Waals surface area contributed by atoms with Gasteiger partial charge in [-0.2, -0.15) is 13.2 Å². The third kappa shape index (κ3) is 5.03. The zero-order valence-corrected chi connectivity index (χ0v) is 18.6. The number of alkyl halides is 3. The first-order valence-electron chi connectivity index (χ1n) is 10.1. The van der Waals surface area contributed by atoms with E-state index in [0.29, 0.717) is 34.1 Å². The molecule has 0 saturated heterocycles. The Morgan fingerprint density at radius 2 is 1.94 bits per heavy atom. The smallest absolute Gasteiger partial charge is 0.416 e. The summed E-state index contributed by atoms with van der Waals surface area (Å²) < 4.78 is 49.8. The molecule has 1 atom stereocenters. The molecule has 9 heteroatoms. The molecule has 4 rings (SSSR count). The van der Waals surface area contributed by atoms with Crippen LogP contribution < -0.4 is 4.74 Å². The Morgan fingerprint density at radius 3 is 2.61 bits per heavy atom. The lowest BCUT2D eigenvalue weighted by Gasteiger charge is -2.12. The molecule has 0 saturated carbocycles. The van der Waals surface area contributed by atoms with Gasteiger partial charge in [-0.05, 0) is 31.2 Å². The van der Waals surface area contributed by atoms with Gasteiger partial charge in [0.25, 0.3) is 0 Å². The molecule has 4 aromatic rings. The van der Waals surface area contributed by atoms with Crippen LogP contribution in [0.5, 0.6) is 5.75 Å². The van der Waals surface area contributed by atoms with Crippen LogP contribution >= 0.6 is 11.3 Å². The van der Waals surface area contributed by atoms with Gasteiger partial charge in [0.05, 0.1) is 30.5 Å². The molecule has 172 valence electrons. The van der Waals surface area contributed by atoms with Crippen molar-refractivity contribution in [3.8, 4) is 16.3 Å². The molecule has 0 bridgehead atoms. The molecule has 5 nitrogen and oxygen atoms in total. The summed E-state index contributed by atoms with van der Waals surface area (Å²) in [6.07, 6.45) is -3.05. The third-order valence-corrected chi connectivity index (χ3v) is 6.26. The molecule has 33 heavy (non-hydrogen) atoms. The number of aliphatic carboxylic acids is 1. The predicted molar refractivity (Wildman–Crippen MR) is 119 cm³/mol. The molecule has 1 N–H and O–H groups in total. The van der Waals surface area contributed by atoms with Gasteiger partial charge >= 0.3 is 12.1 Å². The van der Waals surface area contributed by atoms with Crippen molar-refractivity contribution < 1.29 is 32.2 Å². The molecule has 0 unspecified atom stereocenters. The Labute approximate surface area is 191 Å². The second kappa shape index (κ2) is 8.90. The number of carboxylic acids is 1. The summed E-state index contributed by atoms with van der Waals surface area (Å²) in [5, 5.41) is 10.4. The summed E-state index contributed by atoms with van der Waals surface area (Å²) in [5.74, 6) is -0.401. The number of hydrogen-bond acceptors (Lipinski definition) is 5. The SMILES string of the molecule is Cc1sc(-c2ccc(C(F)(F)F)cc2)nc1[C@@H](C)COc1ccc2c(CC(=O)O)coc2c1. The first-order chi connectivity index (χ1) is 15.6. The number of furan rings is 1. The van der Waals surface area contributed by atoms with E-state index in [9.17, 15) is 18.0 Å². The zero-order chi connectivity index (χ0) is 23.8. The van der Waals surface area contributed by atoms with E-state index in [2.05, 4.69) is 4.98 Å². The average Bonchev–Trinajstić information content (AvgIpc) is 3.34. The fourth-order valence-corrected chi connectivity index (χ4v) is 4.58. The Morgan fingerprint density at radius 1 is 1.21 bits per heavy atom. The lowest BCUT2D eigenvalue weighted by Crippen LogP contribution is -2.08. The fourth-order valence-electron chi connectivity index (χ4n) is 3.54. The normalized spacial score (nSPS) is 12.8. The van der Waals surface area contributed by atoms with Crippen molar-refractivity contribution in [3.63, 3.8) is 0 Å². The van der Waals surface area contributed by atoms with Gasteiger partial charge in [0.2, 0.25) is 0 Å². The van der Waals surface area contributed by atoms with E-state index in [0.717, 1.165) is 28.1 Å². The molecule has 0 fully saturated rings. The standard InChI is InChI=1S/C24H20F3NO4S/c1-13(11-31-18-7-8-19-16(9-21(29)30)12-32-20(19)10-18)22-14(2)33-23(28-22)15-3-5-17(6-4-15)24(25,26)27/h3-8,10,12-13H,9,11H2,1-2H3,(H,29,30)/t13-/m0/s1. The van der Waals surface area contributed by atoms with E-state index in [1.807, 2.05) is 13.8 Å². The van der Waals surface area contributed by atoms with Crippen molar-refractivity contribution in [2.45, 2.75) is 32.4 Å². The lowest BCUT2D eigenvalue weighted by molar-refractivity contribution is -0.138. The van der Waals surface area contributed by atoms with E-state index in [1.165, 1.54) is 29.7 Å². The number of aryl methyl sites for hydroxylation is 1. The minimum atomic E-state index is -4.37. The Kier molecular flexibility index (Phi) is 6.16. The van der Waals surface area contributed by atoms with Crippen LogP contribution in [0.3, 0.4) is 0 Å². The number of carboxylic acid groups (broad SMARTS) is 1. The maximum absolute atomic E-state index is 12.8. The largest absolute Gasteiger partial charge is 0.493 e. The number of fused-ring (bicyclic) bond motifs is 1. The minimum absolute atomic E-state index is 0.0562. The van der Waals surface area contributed by atoms with E-state index in [1.54, 1.807) is 18.2 Å². The van der Waals surface area contributed by atoms with E-state index in [4.69, 9.17) is 14.3 Å². The van der Waals surface area contributed by atoms with Gasteiger partial charge in [-0.1, -0.05) is 19.1 Å². The van der Waals surface area contributed by atoms with Crippen molar-refractivity contribution in [3.05, 3.63) is 70.4 Å². The maximum Gasteiger partial charge on any atom is 0.416 e. The lowest BCUT2D eigenvalue weighted by atomic mass is 10.1. The van der Waals surface area contributed by atoms with Crippen molar-refractivity contribution in [2.24, 2.45) is 0 Å². The maximum atomic E-state index is 12.8. The van der Waals surface area contributed by atoms with Gasteiger partial charge in [0, 0.05) is 33.4 Å². The van der Waals surface area contributed by atoms with Gasteiger partial charge in [-0.3, -0.25) is 4.79 Å². The third-order valence-electron chi connectivity index (χ3n) is 5.23. The van der Waals surface area contributed by atoms with E-state index >= 15 is 0 Å². The second-order valence-corrected chi connectivity index (χ2v) is 8.94. The first kappa shape index (κ1) is 22.8. The molecule has 0 spiro atoms. The molecule has 0 aliphatic heterocycles. The summed E-state index contributed by atoms with van der Waals surface area (Å²) in [5.41, 5.74) is 1.93. The van der Waals surface area contributed by atoms with E-state index in [-0.39, 0.29) is 12.3 Å². The second-order valence-electron chi connectivity index (χ2n) is 7.74. The van der Waals surface area contributed by atoms with Gasteiger partial charge in [0.15, 0.2) is 0 Å². The Bertz CT molecular complexity index is 1290. The number of aromatic nitrogens is 1. The highest BCUT2D eigenvalue weighted by Crippen LogP contribution is 2.35. The van der Waals surface area contributed by atoms with Gasteiger partial charge in [-0.25, -0.2) is 4.98 Å². The quantitative estimate of drug-likeness (QED) is 0.322. The number of ether oxygens (including phenoxy) is 1. The highest BCUT2D eigenvalue weighted by molar-refractivity contribution is 7.15. The monoisotopic (exact) mass is 475 g/mol. The number of halogens is 3. The number of benzene rings is 2. The summed E-state index contributed by atoms with van der Waals surface area (Å²) in [4.78, 5) is 16.6. The number of rotatable bonds is 7. The summed E-state index contributed by atoms with van der Waals surface area (Å²) >= 11 is 1.43. The topological polar surface area (TPSA) is 72.6 Å². The average molecular weight is 475 g/mol. The number of hydrogen-bond donors (Lipinski definition) is 1. The van der Waals surface area contributed by atoms with Crippen molar-refractivity contribution in [1.29, 1.82) is 0 Å². The van der Waals surface area contributed by atoms with Crippen LogP contribution in [0, 0.1) is 6.92 Å². The van der Waals surface area contributed by atoms with Gasteiger partial charge in [-0.15, -0.1) is 11.3 Å². The summed E-state index contributed by atoms with van der Waals surface area (Å²) in [6.45, 7) is 4.23. The van der Waals surface area contributed by atoms with Crippen LogP contribution in [0.1, 0.15) is 34.5 Å². The van der Waals surface area contributed by atoms with Crippen LogP contribution in [-0.2, 0) is 17.4 Å². The van der Waals surface area contributed by atoms with Crippen LogP contribution in [0.2, 0.25) is 0 Å². The molecule has 2 aromatic carbocycles. The predicted octanol–water partition coefficient (Wildman–Crippen LogP) is 6.69. The molecule has 0 radical (unpaired) electrons. The first-order valence-corrected chi connectivity index (χ1v) is 10.9. The summed E-state index contributed by atoms with van der Waals surface area (Å²) in [6, 6.07) is 10.2. The molecule has 2 heterocycles. The Balaban J connectivity index is 1.45. The van der Waals surface area contributed by atoms with Crippen molar-refractivity contribution in [2.75, 3.05) is 6.61 Å². The van der Waals surface area contributed by atoms with Crippen LogP contribution in [-0.4, -0.2) is 22.7 Å². The van der Waals surface area contributed by atoms with Crippen LogP contribution in [0.15, 0.2) is 53.1 Å². The fraction of sp³-hybridized carbons (Fsp3) is 0.250. The van der Waals surface area contributed by atoms with Crippen molar-refractivity contribution in [1.82, 2.24) is 4.98 Å². The summed E-state index contributed by atoms with van der Waals surface area (Å²) in [7, 11) is 0. The van der Waals surface area contributed by atoms with E-state index < -0.39 is 17.7 Å². The molecule has 2 aromatic heterocycles. The Hall–Kier alpha value is -3.33. The number of thiazole rings is 1. The van der Waals surface area contributed by atoms with Crippen LogP contribution in [0.25, 0.3) is 21.5 Å². The van der Waals surface area contributed by atoms with Gasteiger partial charge < -0.3 is 14.3 Å².